The average molecular weight is 272 g/mol. The maximum Gasteiger partial charge on any atom is 0.200 e. The molecular formula is C17H17FO2. The summed E-state index contributed by atoms with van der Waals surface area (Å²) in [5.74, 6) is -0.0664. The van der Waals surface area contributed by atoms with Gasteiger partial charge in [0.15, 0.2) is 12.4 Å². The van der Waals surface area contributed by atoms with Crippen molar-refractivity contribution >= 4 is 5.78 Å². The highest BCUT2D eigenvalue weighted by atomic mass is 19.1. The predicted molar refractivity (Wildman–Crippen MR) is 76.9 cm³/mol. The summed E-state index contributed by atoms with van der Waals surface area (Å²) in [7, 11) is 0. The summed E-state index contributed by atoms with van der Waals surface area (Å²) >= 11 is 0. The molecule has 2 nitrogen and oxygen atoms in total. The Morgan fingerprint density at radius 2 is 1.75 bits per heavy atom. The van der Waals surface area contributed by atoms with Crippen LogP contribution in [0.3, 0.4) is 0 Å². The van der Waals surface area contributed by atoms with E-state index in [1.807, 2.05) is 39.0 Å². The number of halogens is 1. The fourth-order valence-corrected chi connectivity index (χ4v) is 1.99. The minimum Gasteiger partial charge on any atom is -0.485 e. The van der Waals surface area contributed by atoms with E-state index in [2.05, 4.69) is 0 Å². The van der Waals surface area contributed by atoms with Gasteiger partial charge < -0.3 is 4.74 Å². The molecule has 0 aliphatic carbocycles. The van der Waals surface area contributed by atoms with Crippen molar-refractivity contribution in [2.24, 2.45) is 0 Å². The van der Waals surface area contributed by atoms with Gasteiger partial charge in [0.05, 0.1) is 0 Å². The van der Waals surface area contributed by atoms with E-state index >= 15 is 0 Å². The monoisotopic (exact) mass is 272 g/mol. The van der Waals surface area contributed by atoms with E-state index < -0.39 is 0 Å². The Kier molecular flexibility index (Phi) is 4.18. The number of rotatable bonds is 4. The van der Waals surface area contributed by atoms with E-state index in [9.17, 15) is 9.18 Å². The van der Waals surface area contributed by atoms with E-state index in [4.69, 9.17) is 4.74 Å². The van der Waals surface area contributed by atoms with Crippen molar-refractivity contribution in [1.82, 2.24) is 0 Å². The molecule has 20 heavy (non-hydrogen) atoms. The Bertz CT molecular complexity index is 647. The van der Waals surface area contributed by atoms with E-state index in [0.717, 1.165) is 16.7 Å². The van der Waals surface area contributed by atoms with Gasteiger partial charge >= 0.3 is 0 Å². The lowest BCUT2D eigenvalue weighted by molar-refractivity contribution is 0.0920. The number of ether oxygens (including phenoxy) is 1. The maximum atomic E-state index is 13.1. The molecule has 104 valence electrons. The molecular weight excluding hydrogens is 255 g/mol. The van der Waals surface area contributed by atoms with Gasteiger partial charge in [0.2, 0.25) is 0 Å². The topological polar surface area (TPSA) is 26.3 Å². The third-order valence-electron chi connectivity index (χ3n) is 3.20. The lowest BCUT2D eigenvalue weighted by Gasteiger charge is -2.10. The van der Waals surface area contributed by atoms with Gasteiger partial charge in [0.1, 0.15) is 11.6 Å². The lowest BCUT2D eigenvalue weighted by atomic mass is 10.0. The second-order valence-corrected chi connectivity index (χ2v) is 4.94. The van der Waals surface area contributed by atoms with Gasteiger partial charge in [0.25, 0.3) is 0 Å². The number of carbonyl (C=O) groups is 1. The number of ketones is 1. The molecule has 0 fully saturated rings. The molecule has 0 aliphatic heterocycles. The van der Waals surface area contributed by atoms with Crippen LogP contribution in [0.4, 0.5) is 4.39 Å². The minimum atomic E-state index is -0.371. The van der Waals surface area contributed by atoms with Crippen LogP contribution in [-0.2, 0) is 0 Å². The molecule has 0 amide bonds. The largest absolute Gasteiger partial charge is 0.485 e. The van der Waals surface area contributed by atoms with Gasteiger partial charge in [-0.15, -0.1) is 0 Å². The molecule has 2 aromatic carbocycles. The Labute approximate surface area is 118 Å². The molecule has 0 spiro atoms. The first-order valence-corrected chi connectivity index (χ1v) is 6.47. The van der Waals surface area contributed by atoms with Crippen molar-refractivity contribution in [2.75, 3.05) is 6.61 Å². The Hall–Kier alpha value is -2.16. The zero-order valence-electron chi connectivity index (χ0n) is 11.9. The highest BCUT2D eigenvalue weighted by Gasteiger charge is 2.11. The first-order chi connectivity index (χ1) is 9.47. The molecule has 3 heteroatoms. The van der Waals surface area contributed by atoms with Crippen LogP contribution in [-0.4, -0.2) is 12.4 Å². The zero-order valence-corrected chi connectivity index (χ0v) is 11.9. The van der Waals surface area contributed by atoms with Crippen LogP contribution >= 0.6 is 0 Å². The van der Waals surface area contributed by atoms with Crippen LogP contribution in [0, 0.1) is 26.6 Å². The quantitative estimate of drug-likeness (QED) is 0.786. The first kappa shape index (κ1) is 14.3. The first-order valence-electron chi connectivity index (χ1n) is 6.47. The van der Waals surface area contributed by atoms with E-state index in [1.54, 1.807) is 6.07 Å². The Balaban J connectivity index is 2.12. The number of carbonyl (C=O) groups excluding carboxylic acids is 1. The second-order valence-electron chi connectivity index (χ2n) is 4.94. The molecule has 2 aromatic rings. The van der Waals surface area contributed by atoms with Crippen LogP contribution < -0.4 is 4.74 Å². The van der Waals surface area contributed by atoms with Crippen molar-refractivity contribution in [1.29, 1.82) is 0 Å². The molecule has 0 saturated heterocycles. The summed E-state index contributed by atoms with van der Waals surface area (Å²) in [6.45, 7) is 5.56. The van der Waals surface area contributed by atoms with Gasteiger partial charge in [0, 0.05) is 11.6 Å². The number of hydrogen-bond donors (Lipinski definition) is 0. The number of aryl methyl sites for hydroxylation is 3. The van der Waals surface area contributed by atoms with Crippen LogP contribution in [0.25, 0.3) is 0 Å². The third-order valence-corrected chi connectivity index (χ3v) is 3.20. The van der Waals surface area contributed by atoms with Gasteiger partial charge in [-0.2, -0.15) is 0 Å². The summed E-state index contributed by atoms with van der Waals surface area (Å²) in [5, 5.41) is 0. The van der Waals surface area contributed by atoms with Gasteiger partial charge in [-0.05, 0) is 44.0 Å². The van der Waals surface area contributed by atoms with Crippen LogP contribution in [0.2, 0.25) is 0 Å². The second kappa shape index (κ2) is 5.87. The summed E-state index contributed by atoms with van der Waals surface area (Å²) in [4.78, 5) is 12.2. The molecule has 0 aromatic heterocycles. The van der Waals surface area contributed by atoms with Crippen LogP contribution in [0.15, 0.2) is 36.4 Å². The zero-order chi connectivity index (χ0) is 14.7. The molecule has 0 saturated carbocycles. The smallest absolute Gasteiger partial charge is 0.200 e. The number of benzene rings is 2. The number of Topliss-reactive ketones (excluding diaryl/α,β-unsaturated/α-hetero) is 1. The maximum absolute atomic E-state index is 13.1. The van der Waals surface area contributed by atoms with E-state index in [0.29, 0.717) is 11.3 Å². The van der Waals surface area contributed by atoms with Crippen molar-refractivity contribution in [2.45, 2.75) is 20.8 Å². The van der Waals surface area contributed by atoms with Gasteiger partial charge in [-0.3, -0.25) is 4.79 Å². The van der Waals surface area contributed by atoms with E-state index in [1.165, 1.54) is 12.1 Å². The van der Waals surface area contributed by atoms with Crippen molar-refractivity contribution in [3.63, 3.8) is 0 Å². The lowest BCUT2D eigenvalue weighted by Crippen LogP contribution is -2.13. The molecule has 0 heterocycles. The van der Waals surface area contributed by atoms with E-state index in [-0.39, 0.29) is 18.2 Å². The normalized spacial score (nSPS) is 10.4. The standard InChI is InChI=1S/C17H17FO2/c1-11-4-5-12(2)15(8-11)16(19)10-20-17-9-14(18)7-6-13(17)3/h4-9H,10H2,1-3H3. The van der Waals surface area contributed by atoms with Crippen molar-refractivity contribution < 1.29 is 13.9 Å². The Morgan fingerprint density at radius 1 is 1.05 bits per heavy atom. The molecule has 0 N–H and O–H groups in total. The fourth-order valence-electron chi connectivity index (χ4n) is 1.99. The summed E-state index contributed by atoms with van der Waals surface area (Å²) in [6, 6.07) is 10.0. The molecule has 0 atom stereocenters. The molecule has 2 rings (SSSR count). The minimum absolute atomic E-state index is 0.0887. The predicted octanol–water partition coefficient (Wildman–Crippen LogP) is 4.01. The summed E-state index contributed by atoms with van der Waals surface area (Å²) in [6.07, 6.45) is 0. The van der Waals surface area contributed by atoms with Crippen molar-refractivity contribution in [3.05, 3.63) is 64.5 Å². The molecule has 0 aliphatic rings. The third kappa shape index (κ3) is 3.23. The average Bonchev–Trinajstić information content (AvgIpc) is 2.42. The molecule has 0 bridgehead atoms. The van der Waals surface area contributed by atoms with Gasteiger partial charge in [-0.25, -0.2) is 4.39 Å². The molecule has 0 radical (unpaired) electrons. The SMILES string of the molecule is Cc1ccc(C)c(C(=O)COc2cc(F)ccc2C)c1. The highest BCUT2D eigenvalue weighted by Crippen LogP contribution is 2.19. The molecule has 0 unspecified atom stereocenters. The van der Waals surface area contributed by atoms with Gasteiger partial charge in [-0.1, -0.05) is 23.8 Å². The van der Waals surface area contributed by atoms with Crippen molar-refractivity contribution in [3.8, 4) is 5.75 Å². The summed E-state index contributed by atoms with van der Waals surface area (Å²) in [5.41, 5.74) is 3.40. The van der Waals surface area contributed by atoms with Crippen LogP contribution in [0.1, 0.15) is 27.0 Å². The van der Waals surface area contributed by atoms with Crippen LogP contribution in [0.5, 0.6) is 5.75 Å². The number of hydrogen-bond acceptors (Lipinski definition) is 2. The Morgan fingerprint density at radius 3 is 2.50 bits per heavy atom. The fraction of sp³-hybridized carbons (Fsp3) is 0.235. The highest BCUT2D eigenvalue weighted by molar-refractivity contribution is 5.98. The summed E-state index contributed by atoms with van der Waals surface area (Å²) < 4.78 is 18.6.